The summed E-state index contributed by atoms with van der Waals surface area (Å²) in [5.41, 5.74) is 3.70. The second kappa shape index (κ2) is 6.86. The van der Waals surface area contributed by atoms with Crippen LogP contribution in [0.1, 0.15) is 38.7 Å². The van der Waals surface area contributed by atoms with Gasteiger partial charge in [0.2, 0.25) is 0 Å². The van der Waals surface area contributed by atoms with Crippen LogP contribution in [-0.2, 0) is 0 Å². The highest BCUT2D eigenvalue weighted by Crippen LogP contribution is 2.40. The number of nitrogens with one attached hydrogen (secondary N) is 1. The van der Waals surface area contributed by atoms with Gasteiger partial charge in [-0.05, 0) is 46.5 Å². The molecule has 0 saturated heterocycles. The van der Waals surface area contributed by atoms with Crippen molar-refractivity contribution < 1.29 is 5.11 Å². The molecule has 4 rings (SSSR count). The van der Waals surface area contributed by atoms with E-state index < -0.39 is 0 Å². The van der Waals surface area contributed by atoms with Crippen LogP contribution in [0.4, 0.5) is 0 Å². The molecule has 2 aromatic carbocycles. The van der Waals surface area contributed by atoms with Crippen LogP contribution in [0.25, 0.3) is 32.1 Å². The smallest absolute Gasteiger partial charge is 0.266 e. The lowest BCUT2D eigenvalue weighted by atomic mass is 9.86. The summed E-state index contributed by atoms with van der Waals surface area (Å²) in [4.78, 5) is 15.2. The fourth-order valence-corrected chi connectivity index (χ4v) is 4.56. The molecule has 4 aromatic rings. The summed E-state index contributed by atoms with van der Waals surface area (Å²) in [5.74, 6) is 1.34. The molecule has 0 spiro atoms. The average molecular weight is 378 g/mol. The number of hydrogen-bond donors (Lipinski definition) is 2. The topological polar surface area (TPSA) is 53.1 Å². The third-order valence-corrected chi connectivity index (χ3v) is 6.71. The predicted molar refractivity (Wildman–Crippen MR) is 115 cm³/mol. The van der Waals surface area contributed by atoms with Crippen molar-refractivity contribution in [3.63, 3.8) is 0 Å². The molecule has 138 valence electrons. The minimum Gasteiger partial charge on any atom is -0.507 e. The molecule has 2 atom stereocenters. The molecule has 2 unspecified atom stereocenters. The Morgan fingerprint density at radius 2 is 1.81 bits per heavy atom. The van der Waals surface area contributed by atoms with Crippen molar-refractivity contribution in [1.82, 2.24) is 4.98 Å². The average Bonchev–Trinajstić information content (AvgIpc) is 3.18. The highest BCUT2D eigenvalue weighted by molar-refractivity contribution is 7.17. The third kappa shape index (κ3) is 2.94. The number of H-pyrrole nitrogens is 1. The zero-order chi connectivity index (χ0) is 19.1. The van der Waals surface area contributed by atoms with Crippen LogP contribution in [0.2, 0.25) is 0 Å². The largest absolute Gasteiger partial charge is 0.507 e. The lowest BCUT2D eigenvalue weighted by Crippen LogP contribution is -2.05. The molecule has 0 aliphatic heterocycles. The Morgan fingerprint density at radius 3 is 2.52 bits per heavy atom. The monoisotopic (exact) mass is 377 g/mol. The Kier molecular flexibility index (Phi) is 4.52. The Bertz CT molecular complexity index is 1170. The van der Waals surface area contributed by atoms with Gasteiger partial charge in [0.05, 0.1) is 0 Å². The summed E-state index contributed by atoms with van der Waals surface area (Å²) in [5, 5.41) is 14.4. The van der Waals surface area contributed by atoms with E-state index in [9.17, 15) is 9.90 Å². The number of thiophene rings is 1. The van der Waals surface area contributed by atoms with E-state index in [4.69, 9.17) is 0 Å². The van der Waals surface area contributed by atoms with Gasteiger partial charge < -0.3 is 10.1 Å². The van der Waals surface area contributed by atoms with Gasteiger partial charge in [-0.25, -0.2) is 0 Å². The van der Waals surface area contributed by atoms with Crippen molar-refractivity contribution >= 4 is 32.3 Å². The van der Waals surface area contributed by atoms with Crippen molar-refractivity contribution in [2.24, 2.45) is 5.92 Å². The Balaban J connectivity index is 1.92. The van der Waals surface area contributed by atoms with E-state index in [-0.39, 0.29) is 11.3 Å². The Hall–Kier alpha value is -2.59. The molecule has 0 amide bonds. The van der Waals surface area contributed by atoms with E-state index in [1.165, 1.54) is 16.9 Å². The van der Waals surface area contributed by atoms with E-state index in [1.54, 1.807) is 12.1 Å². The minimum atomic E-state index is -0.0816. The molecule has 0 radical (unpaired) electrons. The van der Waals surface area contributed by atoms with E-state index >= 15 is 0 Å². The lowest BCUT2D eigenvalue weighted by molar-refractivity contribution is 0.473. The minimum absolute atomic E-state index is 0.0816. The molecular formula is C23H23NO2S. The first-order valence-electron chi connectivity index (χ1n) is 9.36. The quantitative estimate of drug-likeness (QED) is 0.441. The number of aromatic hydroxyl groups is 1. The highest BCUT2D eigenvalue weighted by Gasteiger charge is 2.17. The van der Waals surface area contributed by atoms with Gasteiger partial charge in [-0.2, -0.15) is 0 Å². The molecule has 0 aliphatic carbocycles. The molecule has 27 heavy (non-hydrogen) atoms. The van der Waals surface area contributed by atoms with Gasteiger partial charge in [0.25, 0.3) is 5.56 Å². The van der Waals surface area contributed by atoms with Crippen LogP contribution >= 0.6 is 11.3 Å². The Morgan fingerprint density at radius 1 is 1.07 bits per heavy atom. The molecule has 2 aromatic heterocycles. The van der Waals surface area contributed by atoms with Gasteiger partial charge >= 0.3 is 0 Å². The standard InChI is InChI=1S/C23H23NO2S/c1-4-13(2)14(3)15-5-7-16(8-6-15)20-19(25)10-9-18-21(20)17-11-12-27-22(17)23(26)24-18/h5-14,25H,4H2,1-3H3,(H,24,26). The van der Waals surface area contributed by atoms with Crippen molar-refractivity contribution in [2.45, 2.75) is 33.1 Å². The molecular weight excluding hydrogens is 354 g/mol. The molecule has 3 nitrogen and oxygen atoms in total. The fraction of sp³-hybridized carbons (Fsp3) is 0.261. The summed E-state index contributed by atoms with van der Waals surface area (Å²) >= 11 is 1.43. The molecule has 4 heteroatoms. The maximum absolute atomic E-state index is 12.3. The van der Waals surface area contributed by atoms with E-state index in [0.29, 0.717) is 16.5 Å². The zero-order valence-electron chi connectivity index (χ0n) is 15.7. The summed E-state index contributed by atoms with van der Waals surface area (Å²) in [6.07, 6.45) is 1.15. The summed E-state index contributed by atoms with van der Waals surface area (Å²) in [6.45, 7) is 6.76. The van der Waals surface area contributed by atoms with Gasteiger partial charge in [0.15, 0.2) is 0 Å². The summed E-state index contributed by atoms with van der Waals surface area (Å²) in [6, 6.07) is 13.8. The first kappa shape index (κ1) is 17.8. The number of aromatic nitrogens is 1. The van der Waals surface area contributed by atoms with Crippen molar-refractivity contribution in [3.05, 3.63) is 63.8 Å². The number of fused-ring (bicyclic) bond motifs is 3. The highest BCUT2D eigenvalue weighted by atomic mass is 32.1. The molecule has 2 heterocycles. The molecule has 2 N–H and O–H groups in total. The number of rotatable bonds is 4. The van der Waals surface area contributed by atoms with Gasteiger partial charge in [0.1, 0.15) is 10.4 Å². The molecule has 0 fully saturated rings. The van der Waals surface area contributed by atoms with Crippen LogP contribution in [0, 0.1) is 5.92 Å². The number of hydrogen-bond acceptors (Lipinski definition) is 3. The number of aromatic amines is 1. The second-order valence-corrected chi connectivity index (χ2v) is 8.21. The first-order chi connectivity index (χ1) is 13.0. The normalized spacial score (nSPS) is 13.9. The van der Waals surface area contributed by atoms with Crippen LogP contribution < -0.4 is 5.56 Å². The van der Waals surface area contributed by atoms with E-state index in [2.05, 4.69) is 50.0 Å². The number of phenols is 1. The van der Waals surface area contributed by atoms with E-state index in [1.807, 2.05) is 11.4 Å². The molecule has 0 saturated carbocycles. The number of benzene rings is 2. The van der Waals surface area contributed by atoms with Gasteiger partial charge in [-0.15, -0.1) is 11.3 Å². The van der Waals surface area contributed by atoms with Crippen LogP contribution in [-0.4, -0.2) is 10.1 Å². The SMILES string of the molecule is CCC(C)C(C)c1ccc(-c2c(O)ccc3[nH]c(=O)c4sccc4c23)cc1. The summed E-state index contributed by atoms with van der Waals surface area (Å²) < 4.78 is 0.691. The maximum atomic E-state index is 12.3. The van der Waals surface area contributed by atoms with Gasteiger partial charge in [-0.1, -0.05) is 51.5 Å². The Labute approximate surface area is 162 Å². The van der Waals surface area contributed by atoms with Gasteiger partial charge in [0, 0.05) is 21.9 Å². The lowest BCUT2D eigenvalue weighted by Gasteiger charge is -2.19. The first-order valence-corrected chi connectivity index (χ1v) is 10.2. The van der Waals surface area contributed by atoms with Gasteiger partial charge in [-0.3, -0.25) is 4.79 Å². The third-order valence-electron chi connectivity index (χ3n) is 5.79. The van der Waals surface area contributed by atoms with Crippen LogP contribution in [0.3, 0.4) is 0 Å². The van der Waals surface area contributed by atoms with Crippen molar-refractivity contribution in [1.29, 1.82) is 0 Å². The molecule has 0 bridgehead atoms. The van der Waals surface area contributed by atoms with Crippen LogP contribution in [0.5, 0.6) is 5.75 Å². The number of phenolic OH excluding ortho intramolecular Hbond substituents is 1. The molecule has 0 aliphatic rings. The fourth-order valence-electron chi connectivity index (χ4n) is 3.76. The van der Waals surface area contributed by atoms with Crippen molar-refractivity contribution in [2.75, 3.05) is 0 Å². The summed E-state index contributed by atoms with van der Waals surface area (Å²) in [7, 11) is 0. The zero-order valence-corrected chi connectivity index (χ0v) is 16.6. The van der Waals surface area contributed by atoms with Crippen molar-refractivity contribution in [3.8, 4) is 16.9 Å². The predicted octanol–water partition coefficient (Wildman–Crippen LogP) is 6.27. The van der Waals surface area contributed by atoms with Crippen LogP contribution in [0.15, 0.2) is 52.6 Å². The second-order valence-electron chi connectivity index (χ2n) is 7.30. The van der Waals surface area contributed by atoms with E-state index in [0.717, 1.165) is 33.8 Å². The maximum Gasteiger partial charge on any atom is 0.266 e. The number of pyridine rings is 1.